The highest BCUT2D eigenvalue weighted by Crippen LogP contribution is 2.42. The van der Waals surface area contributed by atoms with E-state index in [1.807, 2.05) is 26.0 Å². The van der Waals surface area contributed by atoms with Gasteiger partial charge in [0, 0.05) is 30.1 Å². The van der Waals surface area contributed by atoms with Crippen molar-refractivity contribution >= 4 is 5.91 Å². The molecule has 4 rings (SSSR count). The zero-order valence-electron chi connectivity index (χ0n) is 18.4. The highest BCUT2D eigenvalue weighted by molar-refractivity contribution is 6.00. The summed E-state index contributed by atoms with van der Waals surface area (Å²) in [7, 11) is 1.39. The maximum Gasteiger partial charge on any atom is 0.435 e. The minimum Gasteiger partial charge on any atom is -0.490 e. The van der Waals surface area contributed by atoms with Crippen LogP contribution in [-0.4, -0.2) is 43.8 Å². The molecular weight excluding hydrogens is 437 g/mol. The first-order valence-corrected chi connectivity index (χ1v) is 10.3. The number of hydrogen-bond acceptors (Lipinski definition) is 5. The molecule has 0 fully saturated rings. The summed E-state index contributed by atoms with van der Waals surface area (Å²) in [6.45, 7) is 3.90. The van der Waals surface area contributed by atoms with Crippen LogP contribution in [0.1, 0.15) is 38.6 Å². The summed E-state index contributed by atoms with van der Waals surface area (Å²) in [6.07, 6.45) is -3.47. The van der Waals surface area contributed by atoms with E-state index in [1.165, 1.54) is 25.4 Å². The quantitative estimate of drug-likeness (QED) is 0.643. The van der Waals surface area contributed by atoms with Gasteiger partial charge in [0.2, 0.25) is 0 Å². The second kappa shape index (κ2) is 8.51. The van der Waals surface area contributed by atoms with E-state index in [-0.39, 0.29) is 42.1 Å². The Balaban J connectivity index is 1.81. The van der Waals surface area contributed by atoms with Gasteiger partial charge in [0.05, 0.1) is 31.0 Å². The number of aliphatic hydroxyl groups is 1. The van der Waals surface area contributed by atoms with Gasteiger partial charge < -0.3 is 14.7 Å². The smallest absolute Gasteiger partial charge is 0.435 e. The number of amides is 1. The minimum atomic E-state index is -4.70. The largest absolute Gasteiger partial charge is 0.490 e. The fourth-order valence-corrected chi connectivity index (χ4v) is 4.07. The average molecular weight is 460 g/mol. The molecule has 0 saturated heterocycles. The molecule has 1 aliphatic rings. The van der Waals surface area contributed by atoms with E-state index in [4.69, 9.17) is 4.74 Å². The van der Waals surface area contributed by atoms with Crippen molar-refractivity contribution in [3.05, 3.63) is 64.2 Å². The van der Waals surface area contributed by atoms with Crippen molar-refractivity contribution in [2.45, 2.75) is 33.2 Å². The van der Waals surface area contributed by atoms with Crippen LogP contribution in [0.3, 0.4) is 0 Å². The Bertz CT molecular complexity index is 1200. The lowest BCUT2D eigenvalue weighted by atomic mass is 9.97. The number of pyridine rings is 1. The number of aromatic nitrogens is 3. The van der Waals surface area contributed by atoms with Gasteiger partial charge in [-0.3, -0.25) is 14.5 Å². The van der Waals surface area contributed by atoms with Crippen LogP contribution < -0.4 is 4.74 Å². The normalized spacial score (nSPS) is 14.2. The van der Waals surface area contributed by atoms with Crippen LogP contribution in [0.5, 0.6) is 5.75 Å². The Morgan fingerprint density at radius 1 is 1.12 bits per heavy atom. The molecule has 3 aromatic rings. The number of halogens is 3. The Hall–Kier alpha value is -3.40. The maximum atomic E-state index is 13.6. The molecule has 1 aliphatic heterocycles. The lowest BCUT2D eigenvalue weighted by molar-refractivity contribution is -0.140. The van der Waals surface area contributed by atoms with Crippen LogP contribution in [0, 0.1) is 13.8 Å². The van der Waals surface area contributed by atoms with Crippen LogP contribution in [0.25, 0.3) is 11.1 Å². The number of hydrogen-bond donors (Lipinski definition) is 1. The van der Waals surface area contributed by atoms with Crippen LogP contribution in [0.2, 0.25) is 0 Å². The molecule has 3 heterocycles. The van der Waals surface area contributed by atoms with Crippen LogP contribution >= 0.6 is 0 Å². The molecule has 1 aromatic carbocycles. The first-order chi connectivity index (χ1) is 15.6. The number of benzene rings is 1. The van der Waals surface area contributed by atoms with E-state index < -0.39 is 24.4 Å². The number of fused-ring (bicyclic) bond motifs is 1. The molecule has 0 aliphatic carbocycles. The monoisotopic (exact) mass is 460 g/mol. The van der Waals surface area contributed by atoms with Crippen molar-refractivity contribution in [2.75, 3.05) is 13.2 Å². The molecule has 0 saturated carbocycles. The van der Waals surface area contributed by atoms with E-state index >= 15 is 0 Å². The zero-order valence-corrected chi connectivity index (χ0v) is 18.4. The molecular formula is C23H23F3N4O3. The summed E-state index contributed by atoms with van der Waals surface area (Å²) in [5, 5.41) is 13.3. The molecule has 0 spiro atoms. The molecule has 0 atom stereocenters. The Morgan fingerprint density at radius 2 is 1.85 bits per heavy atom. The SMILES string of the molecule is Cc1cc(C)nc(CN2CCOc3c(cc(CO)cc3-c3cn(C)nc3C(F)(F)F)C2=O)c1. The number of alkyl halides is 3. The first kappa shape index (κ1) is 22.8. The summed E-state index contributed by atoms with van der Waals surface area (Å²) >= 11 is 0. The molecule has 1 amide bonds. The molecule has 33 heavy (non-hydrogen) atoms. The highest BCUT2D eigenvalue weighted by atomic mass is 19.4. The van der Waals surface area contributed by atoms with Gasteiger partial charge in [-0.15, -0.1) is 0 Å². The molecule has 0 radical (unpaired) electrons. The van der Waals surface area contributed by atoms with Gasteiger partial charge in [0.25, 0.3) is 5.91 Å². The summed E-state index contributed by atoms with van der Waals surface area (Å²) in [6, 6.07) is 6.67. The highest BCUT2D eigenvalue weighted by Gasteiger charge is 2.39. The van der Waals surface area contributed by atoms with Crippen molar-refractivity contribution in [3.63, 3.8) is 0 Å². The van der Waals surface area contributed by atoms with Gasteiger partial charge in [-0.05, 0) is 49.2 Å². The van der Waals surface area contributed by atoms with Crippen LogP contribution in [-0.2, 0) is 26.4 Å². The Kier molecular flexibility index (Phi) is 5.87. The zero-order chi connectivity index (χ0) is 23.9. The first-order valence-electron chi connectivity index (χ1n) is 10.3. The second-order valence-corrected chi connectivity index (χ2v) is 8.09. The molecule has 0 unspecified atom stereocenters. The van der Waals surface area contributed by atoms with Crippen molar-refractivity contribution in [1.29, 1.82) is 0 Å². The lowest BCUT2D eigenvalue weighted by Crippen LogP contribution is -2.32. The summed E-state index contributed by atoms with van der Waals surface area (Å²) < 4.78 is 47.8. The number of nitrogens with zero attached hydrogens (tertiary/aromatic N) is 4. The van der Waals surface area contributed by atoms with E-state index in [0.29, 0.717) is 11.3 Å². The van der Waals surface area contributed by atoms with E-state index in [9.17, 15) is 23.1 Å². The van der Waals surface area contributed by atoms with Crippen molar-refractivity contribution in [2.24, 2.45) is 7.05 Å². The van der Waals surface area contributed by atoms with Crippen LogP contribution in [0.4, 0.5) is 13.2 Å². The average Bonchev–Trinajstić information content (AvgIpc) is 3.06. The Labute approximate surface area is 188 Å². The number of aryl methyl sites for hydroxylation is 3. The third-order valence-corrected chi connectivity index (χ3v) is 5.35. The number of rotatable bonds is 4. The molecule has 10 heteroatoms. The number of ether oxygens (including phenoxy) is 1. The fraction of sp³-hybridized carbons (Fsp3) is 0.348. The van der Waals surface area contributed by atoms with Gasteiger partial charge in [0.15, 0.2) is 5.69 Å². The van der Waals surface area contributed by atoms with E-state index in [0.717, 1.165) is 15.9 Å². The number of aliphatic hydroxyl groups excluding tert-OH is 1. The van der Waals surface area contributed by atoms with Gasteiger partial charge >= 0.3 is 6.18 Å². The number of carbonyl (C=O) groups excluding carboxylic acids is 1. The molecule has 2 aromatic heterocycles. The third kappa shape index (κ3) is 4.56. The maximum absolute atomic E-state index is 13.6. The topological polar surface area (TPSA) is 80.5 Å². The predicted octanol–water partition coefficient (Wildman–Crippen LogP) is 3.64. The lowest BCUT2D eigenvalue weighted by Gasteiger charge is -2.20. The predicted molar refractivity (Wildman–Crippen MR) is 114 cm³/mol. The van der Waals surface area contributed by atoms with Gasteiger partial charge in [-0.1, -0.05) is 0 Å². The third-order valence-electron chi connectivity index (χ3n) is 5.35. The summed E-state index contributed by atoms with van der Waals surface area (Å²) in [5.74, 6) is -0.357. The van der Waals surface area contributed by atoms with Gasteiger partial charge in [-0.25, -0.2) is 0 Å². The minimum absolute atomic E-state index is 0.0478. The molecule has 7 nitrogen and oxygen atoms in total. The fourth-order valence-electron chi connectivity index (χ4n) is 4.07. The summed E-state index contributed by atoms with van der Waals surface area (Å²) in [5.41, 5.74) is 1.70. The van der Waals surface area contributed by atoms with Crippen molar-refractivity contribution in [1.82, 2.24) is 19.7 Å². The van der Waals surface area contributed by atoms with Crippen molar-refractivity contribution < 1.29 is 27.8 Å². The number of carbonyl (C=O) groups is 1. The second-order valence-electron chi connectivity index (χ2n) is 8.09. The standard InChI is InChI=1S/C23H23F3N4O3/c1-13-6-14(2)27-16(7-13)10-30-4-5-33-20-17(8-15(12-31)9-18(20)22(30)32)19-11-29(3)28-21(19)23(24,25)26/h6-9,11,31H,4-5,10,12H2,1-3H3. The summed E-state index contributed by atoms with van der Waals surface area (Å²) in [4.78, 5) is 19.5. The van der Waals surface area contributed by atoms with E-state index in [2.05, 4.69) is 10.1 Å². The van der Waals surface area contributed by atoms with Crippen molar-refractivity contribution in [3.8, 4) is 16.9 Å². The Morgan fingerprint density at radius 3 is 2.52 bits per heavy atom. The van der Waals surface area contributed by atoms with E-state index in [1.54, 1.807) is 4.90 Å². The molecule has 174 valence electrons. The van der Waals surface area contributed by atoms with Gasteiger partial charge in [-0.2, -0.15) is 18.3 Å². The van der Waals surface area contributed by atoms with Crippen LogP contribution in [0.15, 0.2) is 30.5 Å². The molecule has 1 N–H and O–H groups in total. The molecule has 0 bridgehead atoms. The van der Waals surface area contributed by atoms with Gasteiger partial charge in [0.1, 0.15) is 12.4 Å².